The van der Waals surface area contributed by atoms with E-state index in [0.717, 1.165) is 45.6 Å². The van der Waals surface area contributed by atoms with Gasteiger partial charge in [0, 0.05) is 50.2 Å². The fourth-order valence-electron chi connectivity index (χ4n) is 3.32. The van der Waals surface area contributed by atoms with Crippen LogP contribution in [0.3, 0.4) is 0 Å². The summed E-state index contributed by atoms with van der Waals surface area (Å²) in [7, 11) is 0. The highest BCUT2D eigenvalue weighted by molar-refractivity contribution is 5.81. The molecule has 1 saturated carbocycles. The molecule has 3 rings (SSSR count). The minimum Gasteiger partial charge on any atom is -0.340 e. The largest absolute Gasteiger partial charge is 0.340 e. The van der Waals surface area contributed by atoms with Gasteiger partial charge >= 0.3 is 0 Å². The van der Waals surface area contributed by atoms with E-state index in [2.05, 4.69) is 29.0 Å². The van der Waals surface area contributed by atoms with Gasteiger partial charge in [-0.25, -0.2) is 0 Å². The number of carbonyl (C=O) groups is 1. The summed E-state index contributed by atoms with van der Waals surface area (Å²) in [6.45, 7) is 9.68. The summed E-state index contributed by atoms with van der Waals surface area (Å²) in [5.74, 6) is 0.797. The van der Waals surface area contributed by atoms with Gasteiger partial charge in [-0.05, 0) is 39.5 Å². The number of hydrogen-bond acceptors (Lipinski definition) is 3. The molecule has 3 fully saturated rings. The Morgan fingerprint density at radius 1 is 1.11 bits per heavy atom. The predicted octanol–water partition coefficient (Wildman–Crippen LogP) is 1.07. The van der Waals surface area contributed by atoms with Gasteiger partial charge in [0.25, 0.3) is 0 Å². The smallest absolute Gasteiger partial charge is 0.225 e. The standard InChI is InChI=1S/C15H27N3O/c1-15(2)6-5-13(11-16-15)17-7-9-18(10-8-17)14(19)12-3-4-12/h12-13,16H,3-11H2,1-2H3. The van der Waals surface area contributed by atoms with Crippen molar-refractivity contribution in [1.82, 2.24) is 15.1 Å². The summed E-state index contributed by atoms with van der Waals surface area (Å²) in [4.78, 5) is 16.7. The van der Waals surface area contributed by atoms with Gasteiger partial charge in [0.05, 0.1) is 0 Å². The minimum absolute atomic E-state index is 0.306. The van der Waals surface area contributed by atoms with Crippen molar-refractivity contribution in [3.63, 3.8) is 0 Å². The molecule has 0 aromatic rings. The van der Waals surface area contributed by atoms with Crippen LogP contribution in [0, 0.1) is 5.92 Å². The van der Waals surface area contributed by atoms with E-state index < -0.39 is 0 Å². The Bertz CT molecular complexity index is 333. The molecule has 2 heterocycles. The zero-order chi connectivity index (χ0) is 13.5. The van der Waals surface area contributed by atoms with Crippen LogP contribution in [0.1, 0.15) is 39.5 Å². The molecule has 0 aromatic carbocycles. The molecule has 4 nitrogen and oxygen atoms in total. The third-order valence-electron chi connectivity index (χ3n) is 4.99. The Kier molecular flexibility index (Phi) is 3.56. The number of rotatable bonds is 2. The molecule has 0 aromatic heterocycles. The molecule has 0 spiro atoms. The average molecular weight is 265 g/mol. The van der Waals surface area contributed by atoms with E-state index in [1.54, 1.807) is 0 Å². The summed E-state index contributed by atoms with van der Waals surface area (Å²) in [5.41, 5.74) is 0.306. The summed E-state index contributed by atoms with van der Waals surface area (Å²) in [6.07, 6.45) is 4.79. The number of piperazine rings is 1. The van der Waals surface area contributed by atoms with Crippen molar-refractivity contribution in [1.29, 1.82) is 0 Å². The molecule has 1 amide bonds. The van der Waals surface area contributed by atoms with Gasteiger partial charge in [-0.1, -0.05) is 0 Å². The second-order valence-electron chi connectivity index (χ2n) is 7.09. The van der Waals surface area contributed by atoms with Gasteiger partial charge in [-0.3, -0.25) is 9.69 Å². The number of nitrogens with one attached hydrogen (secondary N) is 1. The van der Waals surface area contributed by atoms with E-state index in [0.29, 0.717) is 23.4 Å². The first-order chi connectivity index (χ1) is 9.05. The van der Waals surface area contributed by atoms with Crippen molar-refractivity contribution < 1.29 is 4.79 Å². The van der Waals surface area contributed by atoms with Crippen molar-refractivity contribution in [3.8, 4) is 0 Å². The molecular formula is C15H27N3O. The molecule has 3 aliphatic rings. The molecule has 1 atom stereocenters. The van der Waals surface area contributed by atoms with Crippen LogP contribution in [-0.2, 0) is 4.79 Å². The maximum atomic E-state index is 12.0. The molecule has 108 valence electrons. The van der Waals surface area contributed by atoms with Crippen molar-refractivity contribution in [3.05, 3.63) is 0 Å². The van der Waals surface area contributed by atoms with Crippen molar-refractivity contribution in [2.45, 2.75) is 51.1 Å². The summed E-state index contributed by atoms with van der Waals surface area (Å²) in [5, 5.41) is 3.65. The Morgan fingerprint density at radius 3 is 2.32 bits per heavy atom. The molecule has 0 bridgehead atoms. The van der Waals surface area contributed by atoms with E-state index in [1.165, 1.54) is 12.8 Å². The van der Waals surface area contributed by atoms with Crippen LogP contribution < -0.4 is 5.32 Å². The normalized spacial score (nSPS) is 32.3. The second-order valence-corrected chi connectivity index (χ2v) is 7.09. The molecule has 1 N–H and O–H groups in total. The van der Waals surface area contributed by atoms with E-state index in [9.17, 15) is 4.79 Å². The van der Waals surface area contributed by atoms with Crippen LogP contribution >= 0.6 is 0 Å². The topological polar surface area (TPSA) is 35.6 Å². The lowest BCUT2D eigenvalue weighted by Crippen LogP contribution is -2.58. The minimum atomic E-state index is 0.306. The van der Waals surface area contributed by atoms with Crippen LogP contribution in [0.25, 0.3) is 0 Å². The molecule has 2 saturated heterocycles. The maximum Gasteiger partial charge on any atom is 0.225 e. The summed E-state index contributed by atoms with van der Waals surface area (Å²) >= 11 is 0. The molecular weight excluding hydrogens is 238 g/mol. The average Bonchev–Trinajstić information content (AvgIpc) is 3.22. The molecule has 0 radical (unpaired) electrons. The van der Waals surface area contributed by atoms with Gasteiger partial charge in [0.15, 0.2) is 0 Å². The Hall–Kier alpha value is -0.610. The van der Waals surface area contributed by atoms with Gasteiger partial charge in [0.2, 0.25) is 5.91 Å². The van der Waals surface area contributed by atoms with Crippen molar-refractivity contribution >= 4 is 5.91 Å². The van der Waals surface area contributed by atoms with Crippen molar-refractivity contribution in [2.24, 2.45) is 5.92 Å². The van der Waals surface area contributed by atoms with E-state index >= 15 is 0 Å². The van der Waals surface area contributed by atoms with E-state index in [4.69, 9.17) is 0 Å². The second kappa shape index (κ2) is 5.06. The number of amides is 1. The summed E-state index contributed by atoms with van der Waals surface area (Å²) < 4.78 is 0. The van der Waals surface area contributed by atoms with Gasteiger partial charge < -0.3 is 10.2 Å². The number of piperidine rings is 1. The molecule has 2 aliphatic heterocycles. The molecule has 19 heavy (non-hydrogen) atoms. The van der Waals surface area contributed by atoms with Crippen LogP contribution in [0.2, 0.25) is 0 Å². The first-order valence-electron chi connectivity index (χ1n) is 7.83. The molecule has 4 heteroatoms. The fourth-order valence-corrected chi connectivity index (χ4v) is 3.32. The molecule has 1 unspecified atom stereocenters. The van der Waals surface area contributed by atoms with Gasteiger partial charge in [-0.15, -0.1) is 0 Å². The Morgan fingerprint density at radius 2 is 1.79 bits per heavy atom. The van der Waals surface area contributed by atoms with E-state index in [-0.39, 0.29) is 0 Å². The fraction of sp³-hybridized carbons (Fsp3) is 0.933. The number of hydrogen-bond donors (Lipinski definition) is 1. The van der Waals surface area contributed by atoms with E-state index in [1.807, 2.05) is 0 Å². The van der Waals surface area contributed by atoms with Crippen LogP contribution in [0.15, 0.2) is 0 Å². The highest BCUT2D eigenvalue weighted by Crippen LogP contribution is 2.31. The third-order valence-corrected chi connectivity index (χ3v) is 4.99. The SMILES string of the molecule is CC1(C)CCC(N2CCN(C(=O)C3CC3)CC2)CN1. The third kappa shape index (κ3) is 3.11. The zero-order valence-corrected chi connectivity index (χ0v) is 12.3. The van der Waals surface area contributed by atoms with Gasteiger partial charge in [-0.2, -0.15) is 0 Å². The first kappa shape index (κ1) is 13.4. The predicted molar refractivity (Wildman–Crippen MR) is 76.0 cm³/mol. The monoisotopic (exact) mass is 265 g/mol. The lowest BCUT2D eigenvalue weighted by atomic mass is 9.90. The Labute approximate surface area is 116 Å². The van der Waals surface area contributed by atoms with Crippen LogP contribution in [0.5, 0.6) is 0 Å². The Balaban J connectivity index is 1.46. The molecule has 1 aliphatic carbocycles. The summed E-state index contributed by atoms with van der Waals surface area (Å²) in [6, 6.07) is 0.672. The zero-order valence-electron chi connectivity index (χ0n) is 12.3. The lowest BCUT2D eigenvalue weighted by molar-refractivity contribution is -0.134. The number of carbonyl (C=O) groups excluding carboxylic acids is 1. The number of nitrogens with zero attached hydrogens (tertiary/aromatic N) is 2. The highest BCUT2D eigenvalue weighted by atomic mass is 16.2. The first-order valence-corrected chi connectivity index (χ1v) is 7.83. The van der Waals surface area contributed by atoms with Crippen LogP contribution in [-0.4, -0.2) is 60.0 Å². The lowest BCUT2D eigenvalue weighted by Gasteiger charge is -2.44. The van der Waals surface area contributed by atoms with Crippen LogP contribution in [0.4, 0.5) is 0 Å². The van der Waals surface area contributed by atoms with Crippen molar-refractivity contribution in [2.75, 3.05) is 32.7 Å². The maximum absolute atomic E-state index is 12.0. The van der Waals surface area contributed by atoms with Gasteiger partial charge in [0.1, 0.15) is 0 Å². The highest BCUT2D eigenvalue weighted by Gasteiger charge is 2.36. The quantitative estimate of drug-likeness (QED) is 0.811.